The van der Waals surface area contributed by atoms with Gasteiger partial charge in [0.2, 0.25) is 0 Å². The highest BCUT2D eigenvalue weighted by Crippen LogP contribution is 2.24. The predicted molar refractivity (Wildman–Crippen MR) is 125 cm³/mol. The molecule has 0 bridgehead atoms. The average Bonchev–Trinajstić information content (AvgIpc) is 2.72. The Balaban J connectivity index is 1.73. The summed E-state index contributed by atoms with van der Waals surface area (Å²) in [5.41, 5.74) is 3.27. The molecule has 0 unspecified atom stereocenters. The van der Waals surface area contributed by atoms with E-state index in [1.807, 2.05) is 45.0 Å². The summed E-state index contributed by atoms with van der Waals surface area (Å²) in [6.45, 7) is 12.4. The fourth-order valence-corrected chi connectivity index (χ4v) is 3.26. The summed E-state index contributed by atoms with van der Waals surface area (Å²) in [6.07, 6.45) is 0. The fraction of sp³-hybridized carbons (Fsp3) is 0.286. The van der Waals surface area contributed by atoms with Crippen molar-refractivity contribution in [1.82, 2.24) is 0 Å². The van der Waals surface area contributed by atoms with Gasteiger partial charge in [-0.2, -0.15) is 0 Å². The second kappa shape index (κ2) is 8.50. The third-order valence-corrected chi connectivity index (χ3v) is 4.96. The SMILES string of the molecule is CC(C)(C)Oc1ccc(C(=O)c2ccc(C(=O)c3ccc(C(C)(C)C)cc3)cc2)cc1. The van der Waals surface area contributed by atoms with E-state index in [0.717, 1.165) is 5.75 Å². The number of ether oxygens (including phenoxy) is 1. The zero-order valence-electron chi connectivity index (χ0n) is 19.2. The number of benzene rings is 3. The second-order valence-corrected chi connectivity index (χ2v) is 9.80. The zero-order valence-corrected chi connectivity index (χ0v) is 19.2. The van der Waals surface area contributed by atoms with Gasteiger partial charge in [0.25, 0.3) is 0 Å². The molecule has 3 aromatic rings. The molecule has 0 N–H and O–H groups in total. The molecular weight excluding hydrogens is 384 g/mol. The van der Waals surface area contributed by atoms with Gasteiger partial charge in [0.15, 0.2) is 11.6 Å². The summed E-state index contributed by atoms with van der Waals surface area (Å²) in [7, 11) is 0. The molecule has 0 atom stereocenters. The molecule has 0 saturated heterocycles. The van der Waals surface area contributed by atoms with E-state index in [0.29, 0.717) is 22.3 Å². The first-order chi connectivity index (χ1) is 14.4. The zero-order chi connectivity index (χ0) is 22.8. The first kappa shape index (κ1) is 22.5. The van der Waals surface area contributed by atoms with Crippen molar-refractivity contribution >= 4 is 11.6 Å². The van der Waals surface area contributed by atoms with E-state index in [1.54, 1.807) is 48.5 Å². The summed E-state index contributed by atoms with van der Waals surface area (Å²) in [5.74, 6) is 0.585. The first-order valence-electron chi connectivity index (χ1n) is 10.5. The molecule has 3 aromatic carbocycles. The van der Waals surface area contributed by atoms with Gasteiger partial charge in [-0.1, -0.05) is 69.3 Å². The van der Waals surface area contributed by atoms with Crippen molar-refractivity contribution in [2.75, 3.05) is 0 Å². The maximum atomic E-state index is 12.8. The van der Waals surface area contributed by atoms with Gasteiger partial charge in [-0.25, -0.2) is 0 Å². The molecule has 0 aromatic heterocycles. The summed E-state index contributed by atoms with van der Waals surface area (Å²) in [6, 6.07) is 21.7. The molecule has 0 aliphatic heterocycles. The quantitative estimate of drug-likeness (QED) is 0.440. The van der Waals surface area contributed by atoms with Gasteiger partial charge in [0.05, 0.1) is 0 Å². The number of ketones is 2. The fourth-order valence-electron chi connectivity index (χ4n) is 3.26. The Kier molecular flexibility index (Phi) is 6.17. The molecule has 160 valence electrons. The lowest BCUT2D eigenvalue weighted by atomic mass is 9.86. The monoisotopic (exact) mass is 414 g/mol. The molecule has 0 spiro atoms. The molecule has 3 rings (SSSR count). The molecule has 0 aliphatic rings. The second-order valence-electron chi connectivity index (χ2n) is 9.80. The summed E-state index contributed by atoms with van der Waals surface area (Å²) >= 11 is 0. The van der Waals surface area contributed by atoms with E-state index < -0.39 is 0 Å². The van der Waals surface area contributed by atoms with E-state index >= 15 is 0 Å². The van der Waals surface area contributed by atoms with Crippen molar-refractivity contribution in [2.45, 2.75) is 52.6 Å². The molecule has 0 saturated carbocycles. The minimum Gasteiger partial charge on any atom is -0.488 e. The average molecular weight is 415 g/mol. The standard InChI is InChI=1S/C28H30O3/c1-27(2,3)23-15-11-21(12-16-23)25(29)19-7-9-20(10-8-19)26(30)22-13-17-24(18-14-22)31-28(4,5)6/h7-18H,1-6H3. The highest BCUT2D eigenvalue weighted by molar-refractivity contribution is 6.11. The summed E-state index contributed by atoms with van der Waals surface area (Å²) in [5, 5.41) is 0. The lowest BCUT2D eigenvalue weighted by molar-refractivity contribution is 0.102. The van der Waals surface area contributed by atoms with Crippen LogP contribution in [0.5, 0.6) is 5.75 Å². The van der Waals surface area contributed by atoms with Gasteiger partial charge in [-0.15, -0.1) is 0 Å². The van der Waals surface area contributed by atoms with E-state index in [4.69, 9.17) is 4.74 Å². The molecule has 0 heterocycles. The molecule has 3 heteroatoms. The predicted octanol–water partition coefficient (Wildman–Crippen LogP) is 6.62. The van der Waals surface area contributed by atoms with Gasteiger partial charge in [-0.3, -0.25) is 9.59 Å². The van der Waals surface area contributed by atoms with Gasteiger partial charge in [-0.05, 0) is 56.0 Å². The van der Waals surface area contributed by atoms with Crippen molar-refractivity contribution in [1.29, 1.82) is 0 Å². The smallest absolute Gasteiger partial charge is 0.193 e. The largest absolute Gasteiger partial charge is 0.488 e. The lowest BCUT2D eigenvalue weighted by Gasteiger charge is -2.21. The number of hydrogen-bond donors (Lipinski definition) is 0. The van der Waals surface area contributed by atoms with Crippen LogP contribution in [0.15, 0.2) is 72.8 Å². The van der Waals surface area contributed by atoms with Crippen molar-refractivity contribution in [3.63, 3.8) is 0 Å². The van der Waals surface area contributed by atoms with Crippen LogP contribution in [-0.2, 0) is 5.41 Å². The maximum Gasteiger partial charge on any atom is 0.193 e. The van der Waals surface area contributed by atoms with Gasteiger partial charge in [0, 0.05) is 22.3 Å². The van der Waals surface area contributed by atoms with Crippen molar-refractivity contribution < 1.29 is 14.3 Å². The molecular formula is C28H30O3. The Morgan fingerprint density at radius 1 is 0.548 bits per heavy atom. The van der Waals surface area contributed by atoms with Crippen LogP contribution in [0, 0.1) is 0 Å². The van der Waals surface area contributed by atoms with E-state index in [2.05, 4.69) is 20.8 Å². The number of hydrogen-bond acceptors (Lipinski definition) is 3. The Hall–Kier alpha value is -3.20. The van der Waals surface area contributed by atoms with Crippen LogP contribution in [-0.4, -0.2) is 17.2 Å². The Morgan fingerprint density at radius 2 is 0.871 bits per heavy atom. The van der Waals surface area contributed by atoms with E-state index in [-0.39, 0.29) is 22.6 Å². The minimum atomic E-state index is -0.291. The Bertz CT molecular complexity index is 1060. The van der Waals surface area contributed by atoms with Crippen LogP contribution >= 0.6 is 0 Å². The van der Waals surface area contributed by atoms with Crippen LogP contribution in [0.4, 0.5) is 0 Å². The van der Waals surface area contributed by atoms with Crippen LogP contribution in [0.25, 0.3) is 0 Å². The molecule has 0 fully saturated rings. The number of carbonyl (C=O) groups excluding carboxylic acids is 2. The summed E-state index contributed by atoms with van der Waals surface area (Å²) < 4.78 is 5.80. The normalized spacial score (nSPS) is 11.8. The van der Waals surface area contributed by atoms with Gasteiger partial charge >= 0.3 is 0 Å². The van der Waals surface area contributed by atoms with E-state index in [9.17, 15) is 9.59 Å². The summed E-state index contributed by atoms with van der Waals surface area (Å²) in [4.78, 5) is 25.6. The molecule has 0 amide bonds. The van der Waals surface area contributed by atoms with Gasteiger partial charge < -0.3 is 4.74 Å². The molecule has 0 aliphatic carbocycles. The highest BCUT2D eigenvalue weighted by Gasteiger charge is 2.16. The maximum absolute atomic E-state index is 12.8. The van der Waals surface area contributed by atoms with Crippen molar-refractivity contribution in [3.05, 3.63) is 101 Å². The van der Waals surface area contributed by atoms with Crippen LogP contribution in [0.2, 0.25) is 0 Å². The number of carbonyl (C=O) groups is 2. The van der Waals surface area contributed by atoms with Crippen LogP contribution in [0.1, 0.15) is 78.9 Å². The lowest BCUT2D eigenvalue weighted by Crippen LogP contribution is -2.22. The molecule has 0 radical (unpaired) electrons. The van der Waals surface area contributed by atoms with Crippen LogP contribution in [0.3, 0.4) is 0 Å². The topological polar surface area (TPSA) is 43.4 Å². The molecule has 31 heavy (non-hydrogen) atoms. The van der Waals surface area contributed by atoms with Crippen molar-refractivity contribution in [2.24, 2.45) is 0 Å². The third-order valence-electron chi connectivity index (χ3n) is 4.96. The van der Waals surface area contributed by atoms with Gasteiger partial charge in [0.1, 0.15) is 11.4 Å². The molecule has 3 nitrogen and oxygen atoms in total. The van der Waals surface area contributed by atoms with Crippen LogP contribution < -0.4 is 4.74 Å². The highest BCUT2D eigenvalue weighted by atomic mass is 16.5. The minimum absolute atomic E-state index is 0.0423. The van der Waals surface area contributed by atoms with E-state index in [1.165, 1.54) is 5.56 Å². The Morgan fingerprint density at radius 3 is 1.19 bits per heavy atom. The third kappa shape index (κ3) is 5.69. The first-order valence-corrected chi connectivity index (χ1v) is 10.5. The Labute approximate surface area is 185 Å². The number of rotatable bonds is 5. The van der Waals surface area contributed by atoms with Crippen molar-refractivity contribution in [3.8, 4) is 5.75 Å².